The average molecular weight is 301 g/mol. The molecule has 108 valence electrons. The zero-order valence-corrected chi connectivity index (χ0v) is 12.3. The van der Waals surface area contributed by atoms with E-state index in [4.69, 9.17) is 10.5 Å². The van der Waals surface area contributed by atoms with Crippen molar-refractivity contribution in [1.29, 1.82) is 0 Å². The summed E-state index contributed by atoms with van der Waals surface area (Å²) in [5.74, 6) is 1.13. The number of nitrogens with two attached hydrogens (primary N) is 1. The molecule has 0 saturated carbocycles. The predicted molar refractivity (Wildman–Crippen MR) is 83.6 cm³/mol. The Morgan fingerprint density at radius 2 is 2.14 bits per heavy atom. The molecular weight excluding hydrogens is 286 g/mol. The maximum atomic E-state index is 12.4. The molecule has 21 heavy (non-hydrogen) atoms. The molecule has 1 heterocycles. The molecule has 6 heteroatoms. The van der Waals surface area contributed by atoms with Crippen LogP contribution in [0.4, 0.5) is 5.69 Å². The standard InChI is InChI=1S/C15H15N3O2S/c1-20-12-4-2-3-10(7-12)9-21(19)15-17-13-6-5-11(16)8-14(13)18-15/h2-8H,9,16H2,1H3,(H,17,18)/t21-/m0/s1. The van der Waals surface area contributed by atoms with Crippen molar-refractivity contribution in [2.45, 2.75) is 10.9 Å². The molecule has 0 spiro atoms. The Morgan fingerprint density at radius 1 is 1.29 bits per heavy atom. The molecule has 0 amide bonds. The van der Waals surface area contributed by atoms with Crippen LogP contribution in [0.3, 0.4) is 0 Å². The van der Waals surface area contributed by atoms with Gasteiger partial charge in [-0.15, -0.1) is 0 Å². The van der Waals surface area contributed by atoms with Crippen LogP contribution in [0, 0.1) is 0 Å². The number of ether oxygens (including phenoxy) is 1. The molecule has 0 aliphatic heterocycles. The number of nitrogen functional groups attached to an aromatic ring is 1. The van der Waals surface area contributed by atoms with Gasteiger partial charge in [0.15, 0.2) is 5.16 Å². The molecule has 0 bridgehead atoms. The van der Waals surface area contributed by atoms with Crippen LogP contribution < -0.4 is 10.5 Å². The van der Waals surface area contributed by atoms with Crippen LogP contribution in [0.5, 0.6) is 5.75 Å². The predicted octanol–water partition coefficient (Wildman–Crippen LogP) is 2.46. The van der Waals surface area contributed by atoms with Crippen molar-refractivity contribution in [2.24, 2.45) is 0 Å². The maximum Gasteiger partial charge on any atom is 0.197 e. The van der Waals surface area contributed by atoms with E-state index in [2.05, 4.69) is 9.97 Å². The van der Waals surface area contributed by atoms with Gasteiger partial charge in [0, 0.05) is 5.69 Å². The topological polar surface area (TPSA) is 81.0 Å². The summed E-state index contributed by atoms with van der Waals surface area (Å²) in [5.41, 5.74) is 8.87. The second kappa shape index (κ2) is 5.57. The van der Waals surface area contributed by atoms with Crippen LogP contribution in [-0.2, 0) is 16.6 Å². The first-order chi connectivity index (χ1) is 10.2. The number of imidazole rings is 1. The van der Waals surface area contributed by atoms with Crippen LogP contribution in [0.1, 0.15) is 5.56 Å². The first-order valence-electron chi connectivity index (χ1n) is 6.42. The van der Waals surface area contributed by atoms with Crippen molar-refractivity contribution in [2.75, 3.05) is 12.8 Å². The van der Waals surface area contributed by atoms with Gasteiger partial charge < -0.3 is 15.5 Å². The highest BCUT2D eigenvalue weighted by Crippen LogP contribution is 2.19. The highest BCUT2D eigenvalue weighted by Gasteiger charge is 2.11. The summed E-state index contributed by atoms with van der Waals surface area (Å²) >= 11 is 0. The molecule has 3 rings (SSSR count). The zero-order valence-electron chi connectivity index (χ0n) is 11.5. The molecule has 0 radical (unpaired) electrons. The summed E-state index contributed by atoms with van der Waals surface area (Å²) in [6.45, 7) is 0. The molecule has 2 aromatic carbocycles. The Kier molecular flexibility index (Phi) is 3.62. The third-order valence-corrected chi connectivity index (χ3v) is 4.35. The van der Waals surface area contributed by atoms with Gasteiger partial charge in [-0.25, -0.2) is 4.98 Å². The number of nitrogens with one attached hydrogen (secondary N) is 1. The molecule has 0 saturated heterocycles. The van der Waals surface area contributed by atoms with E-state index in [0.29, 0.717) is 16.6 Å². The Morgan fingerprint density at radius 3 is 2.95 bits per heavy atom. The van der Waals surface area contributed by atoms with Gasteiger partial charge in [-0.3, -0.25) is 4.21 Å². The Hall–Kier alpha value is -2.34. The lowest BCUT2D eigenvalue weighted by atomic mass is 10.2. The second-order valence-corrected chi connectivity index (χ2v) is 6.03. The number of nitrogens with zero attached hydrogens (tertiary/aromatic N) is 1. The molecule has 5 nitrogen and oxygen atoms in total. The van der Waals surface area contributed by atoms with Gasteiger partial charge in [0.25, 0.3) is 0 Å². The Bertz CT molecular complexity index is 814. The highest BCUT2D eigenvalue weighted by atomic mass is 32.2. The van der Waals surface area contributed by atoms with Gasteiger partial charge in [0.1, 0.15) is 5.75 Å². The summed E-state index contributed by atoms with van der Waals surface area (Å²) < 4.78 is 17.6. The first-order valence-corrected chi connectivity index (χ1v) is 7.74. The van der Waals surface area contributed by atoms with E-state index in [1.54, 1.807) is 19.2 Å². The van der Waals surface area contributed by atoms with Crippen molar-refractivity contribution in [3.63, 3.8) is 0 Å². The van der Waals surface area contributed by atoms with Crippen LogP contribution in [0.15, 0.2) is 47.6 Å². The lowest BCUT2D eigenvalue weighted by Crippen LogP contribution is -1.98. The number of anilines is 1. The van der Waals surface area contributed by atoms with Gasteiger partial charge in [-0.1, -0.05) is 12.1 Å². The largest absolute Gasteiger partial charge is 0.497 e. The van der Waals surface area contributed by atoms with Crippen LogP contribution in [0.2, 0.25) is 0 Å². The van der Waals surface area contributed by atoms with Gasteiger partial charge >= 0.3 is 0 Å². The van der Waals surface area contributed by atoms with E-state index < -0.39 is 10.8 Å². The van der Waals surface area contributed by atoms with E-state index in [1.807, 2.05) is 30.3 Å². The number of benzene rings is 2. The third kappa shape index (κ3) is 2.90. The molecular formula is C15H15N3O2S. The average Bonchev–Trinajstić information content (AvgIpc) is 2.90. The summed E-state index contributed by atoms with van der Waals surface area (Å²) in [5, 5.41) is 0.457. The Balaban J connectivity index is 1.86. The molecule has 0 fully saturated rings. The van der Waals surface area contributed by atoms with E-state index in [0.717, 1.165) is 22.3 Å². The molecule has 1 atom stereocenters. The minimum Gasteiger partial charge on any atom is -0.497 e. The highest BCUT2D eigenvalue weighted by molar-refractivity contribution is 7.84. The number of hydrogen-bond donors (Lipinski definition) is 2. The van der Waals surface area contributed by atoms with Crippen LogP contribution in [-0.4, -0.2) is 21.3 Å². The summed E-state index contributed by atoms with van der Waals surface area (Å²) in [6, 6.07) is 12.9. The van der Waals surface area contributed by atoms with Crippen molar-refractivity contribution < 1.29 is 8.95 Å². The molecule has 3 aromatic rings. The van der Waals surface area contributed by atoms with Gasteiger partial charge in [-0.2, -0.15) is 0 Å². The summed E-state index contributed by atoms with van der Waals surface area (Å²) in [7, 11) is 0.364. The third-order valence-electron chi connectivity index (χ3n) is 3.13. The fourth-order valence-corrected chi connectivity index (χ4v) is 3.14. The van der Waals surface area contributed by atoms with Gasteiger partial charge in [0.2, 0.25) is 0 Å². The number of fused-ring (bicyclic) bond motifs is 1. The van der Waals surface area contributed by atoms with Crippen LogP contribution >= 0.6 is 0 Å². The van der Waals surface area contributed by atoms with Crippen LogP contribution in [0.25, 0.3) is 11.0 Å². The SMILES string of the molecule is COc1cccc(C[S@](=O)c2nc3ccc(N)cc3[nH]2)c1. The lowest BCUT2D eigenvalue weighted by Gasteiger charge is -2.03. The number of H-pyrrole nitrogens is 1. The van der Waals surface area contributed by atoms with Gasteiger partial charge in [0.05, 0.1) is 34.7 Å². The first kappa shape index (κ1) is 13.6. The fraction of sp³-hybridized carbons (Fsp3) is 0.133. The molecule has 0 aliphatic rings. The van der Waals surface area contributed by atoms with Gasteiger partial charge in [-0.05, 0) is 35.9 Å². The second-order valence-electron chi connectivity index (χ2n) is 4.66. The minimum atomic E-state index is -1.25. The molecule has 1 aromatic heterocycles. The van der Waals surface area contributed by atoms with Crippen molar-refractivity contribution in [3.8, 4) is 5.75 Å². The van der Waals surface area contributed by atoms with Crippen molar-refractivity contribution in [3.05, 3.63) is 48.0 Å². The van der Waals surface area contributed by atoms with E-state index in [9.17, 15) is 4.21 Å². The zero-order chi connectivity index (χ0) is 14.8. The lowest BCUT2D eigenvalue weighted by molar-refractivity contribution is 0.414. The number of aromatic nitrogens is 2. The smallest absolute Gasteiger partial charge is 0.197 e. The summed E-state index contributed by atoms with van der Waals surface area (Å²) in [6.07, 6.45) is 0. The van der Waals surface area contributed by atoms with Crippen molar-refractivity contribution in [1.82, 2.24) is 9.97 Å². The molecule has 3 N–H and O–H groups in total. The van der Waals surface area contributed by atoms with E-state index in [-0.39, 0.29) is 0 Å². The molecule has 0 unspecified atom stereocenters. The normalized spacial score (nSPS) is 12.4. The number of aromatic amines is 1. The monoisotopic (exact) mass is 301 g/mol. The van der Waals surface area contributed by atoms with E-state index >= 15 is 0 Å². The summed E-state index contributed by atoms with van der Waals surface area (Å²) in [4.78, 5) is 7.41. The minimum absolute atomic E-state index is 0.381. The number of rotatable bonds is 4. The van der Waals surface area contributed by atoms with E-state index in [1.165, 1.54) is 0 Å². The fourth-order valence-electron chi connectivity index (χ4n) is 2.09. The Labute approximate surface area is 124 Å². The molecule has 0 aliphatic carbocycles. The number of hydrogen-bond acceptors (Lipinski definition) is 4. The number of methoxy groups -OCH3 is 1. The maximum absolute atomic E-state index is 12.4. The van der Waals surface area contributed by atoms with Crippen molar-refractivity contribution >= 4 is 27.5 Å². The quantitative estimate of drug-likeness (QED) is 0.725.